The van der Waals surface area contributed by atoms with Crippen LogP contribution < -0.4 is 0 Å². The summed E-state index contributed by atoms with van der Waals surface area (Å²) in [5.41, 5.74) is 8.08. The summed E-state index contributed by atoms with van der Waals surface area (Å²) in [5.74, 6) is 0.377. The van der Waals surface area contributed by atoms with Crippen LogP contribution in [0.2, 0.25) is 10.0 Å². The van der Waals surface area contributed by atoms with Gasteiger partial charge in [0.1, 0.15) is 0 Å². The molecule has 16 heavy (non-hydrogen) atoms. The fourth-order valence-electron chi connectivity index (χ4n) is 1.11. The number of hydrogen-bond acceptors (Lipinski definition) is 2. The first-order valence-corrected chi connectivity index (χ1v) is 6.57. The molecule has 0 aliphatic carbocycles. The topological polar surface area (TPSA) is 65.8 Å². The summed E-state index contributed by atoms with van der Waals surface area (Å²) in [6.07, 6.45) is 0.540. The van der Waals surface area contributed by atoms with Crippen LogP contribution in [0.1, 0.15) is 6.42 Å². The lowest BCUT2D eigenvalue weighted by atomic mass is 10.4. The van der Waals surface area contributed by atoms with Crippen molar-refractivity contribution in [2.24, 2.45) is 5.11 Å². The quantitative estimate of drug-likeness (QED) is 0.349. The van der Waals surface area contributed by atoms with Crippen molar-refractivity contribution in [2.45, 2.75) is 11.3 Å². The summed E-state index contributed by atoms with van der Waals surface area (Å²) in [7, 11) is -1.26. The van der Waals surface area contributed by atoms with E-state index in [0.717, 1.165) is 0 Å². The van der Waals surface area contributed by atoms with Gasteiger partial charge in [0.2, 0.25) is 0 Å². The monoisotopic (exact) mass is 277 g/mol. The lowest BCUT2D eigenvalue weighted by Crippen LogP contribution is -2.01. The van der Waals surface area contributed by atoms with E-state index >= 15 is 0 Å². The van der Waals surface area contributed by atoms with Crippen LogP contribution in [0.25, 0.3) is 10.4 Å². The molecule has 1 atom stereocenters. The highest BCUT2D eigenvalue weighted by atomic mass is 35.5. The van der Waals surface area contributed by atoms with Crippen LogP contribution in [0, 0.1) is 0 Å². The van der Waals surface area contributed by atoms with Gasteiger partial charge in [0.05, 0.1) is 25.7 Å². The molecule has 1 unspecified atom stereocenters. The maximum Gasteiger partial charge on any atom is 0.0760 e. The van der Waals surface area contributed by atoms with E-state index in [1.807, 2.05) is 0 Å². The third-order valence-electron chi connectivity index (χ3n) is 1.80. The average molecular weight is 278 g/mol. The summed E-state index contributed by atoms with van der Waals surface area (Å²) in [6, 6.07) is 4.99. The van der Waals surface area contributed by atoms with Crippen molar-refractivity contribution >= 4 is 34.0 Å². The molecule has 0 fully saturated rings. The Labute approximate surface area is 106 Å². The lowest BCUT2D eigenvalue weighted by Gasteiger charge is -2.05. The molecule has 0 saturated carbocycles. The van der Waals surface area contributed by atoms with Gasteiger partial charge in [0.25, 0.3) is 0 Å². The minimum atomic E-state index is -1.26. The molecule has 7 heteroatoms. The van der Waals surface area contributed by atoms with Crippen molar-refractivity contribution < 1.29 is 4.21 Å². The molecule has 0 aromatic heterocycles. The Morgan fingerprint density at radius 1 is 1.38 bits per heavy atom. The van der Waals surface area contributed by atoms with Gasteiger partial charge in [0.15, 0.2) is 0 Å². The average Bonchev–Trinajstić information content (AvgIpc) is 2.24. The number of rotatable bonds is 5. The van der Waals surface area contributed by atoms with Gasteiger partial charge in [-0.05, 0) is 24.1 Å². The fraction of sp³-hybridized carbons (Fsp3) is 0.333. The van der Waals surface area contributed by atoms with Crippen molar-refractivity contribution in [3.8, 4) is 0 Å². The van der Waals surface area contributed by atoms with Crippen LogP contribution in [-0.2, 0) is 10.8 Å². The van der Waals surface area contributed by atoms with Gasteiger partial charge in [-0.25, -0.2) is 0 Å². The summed E-state index contributed by atoms with van der Waals surface area (Å²) < 4.78 is 11.9. The summed E-state index contributed by atoms with van der Waals surface area (Å²) >= 11 is 11.8. The van der Waals surface area contributed by atoms with Crippen LogP contribution >= 0.6 is 23.2 Å². The van der Waals surface area contributed by atoms with Gasteiger partial charge in [-0.1, -0.05) is 34.4 Å². The standard InChI is InChI=1S/C9H9Cl2N3OS/c10-7-3-1-4-8(11)9(7)16(15)6-2-5-13-14-12/h1,3-4H,2,5-6H2. The number of benzene rings is 1. The molecule has 86 valence electrons. The summed E-state index contributed by atoms with van der Waals surface area (Å²) in [4.78, 5) is 3.07. The molecular formula is C9H9Cl2N3OS. The first-order valence-electron chi connectivity index (χ1n) is 4.50. The molecule has 0 aliphatic heterocycles. The molecule has 0 bridgehead atoms. The zero-order chi connectivity index (χ0) is 12.0. The number of nitrogens with zero attached hydrogens (tertiary/aromatic N) is 3. The smallest absolute Gasteiger partial charge is 0.0760 e. The van der Waals surface area contributed by atoms with Gasteiger partial charge in [0, 0.05) is 17.2 Å². The van der Waals surface area contributed by atoms with Crippen molar-refractivity contribution in [1.29, 1.82) is 0 Å². The predicted octanol–water partition coefficient (Wildman–Crippen LogP) is 3.80. The van der Waals surface area contributed by atoms with Gasteiger partial charge in [-0.15, -0.1) is 0 Å². The van der Waals surface area contributed by atoms with Gasteiger partial charge in [-0.2, -0.15) is 0 Å². The second-order valence-electron chi connectivity index (χ2n) is 2.91. The normalized spacial score (nSPS) is 11.9. The molecule has 1 rings (SSSR count). The Hall–Kier alpha value is -0.740. The van der Waals surface area contributed by atoms with E-state index in [2.05, 4.69) is 10.0 Å². The van der Waals surface area contributed by atoms with E-state index < -0.39 is 10.8 Å². The van der Waals surface area contributed by atoms with Crippen molar-refractivity contribution in [3.05, 3.63) is 38.7 Å². The molecule has 0 radical (unpaired) electrons. The van der Waals surface area contributed by atoms with Gasteiger partial charge in [-0.3, -0.25) is 4.21 Å². The number of hydrogen-bond donors (Lipinski definition) is 0. The van der Waals surface area contributed by atoms with Crippen LogP contribution in [-0.4, -0.2) is 16.5 Å². The van der Waals surface area contributed by atoms with Crippen LogP contribution in [0.5, 0.6) is 0 Å². The van der Waals surface area contributed by atoms with Crippen LogP contribution in [0.3, 0.4) is 0 Å². The van der Waals surface area contributed by atoms with E-state index in [-0.39, 0.29) is 0 Å². The Morgan fingerprint density at radius 3 is 2.56 bits per heavy atom. The Balaban J connectivity index is 2.69. The highest BCUT2D eigenvalue weighted by molar-refractivity contribution is 7.85. The van der Waals surface area contributed by atoms with Gasteiger partial charge >= 0.3 is 0 Å². The highest BCUT2D eigenvalue weighted by Gasteiger charge is 2.12. The molecule has 1 aromatic carbocycles. The predicted molar refractivity (Wildman–Crippen MR) is 66.4 cm³/mol. The maximum absolute atomic E-state index is 11.9. The second-order valence-corrected chi connectivity index (χ2v) is 5.23. The zero-order valence-electron chi connectivity index (χ0n) is 8.27. The first kappa shape index (κ1) is 13.3. The molecule has 0 saturated heterocycles. The summed E-state index contributed by atoms with van der Waals surface area (Å²) in [6.45, 7) is 0.324. The Morgan fingerprint density at radius 2 is 2.00 bits per heavy atom. The molecule has 0 aliphatic rings. The van der Waals surface area contributed by atoms with Crippen LogP contribution in [0.15, 0.2) is 28.2 Å². The van der Waals surface area contributed by atoms with E-state index in [9.17, 15) is 4.21 Å². The van der Waals surface area contributed by atoms with Crippen molar-refractivity contribution in [1.82, 2.24) is 0 Å². The third-order valence-corrected chi connectivity index (χ3v) is 4.21. The fourth-order valence-corrected chi connectivity index (χ4v) is 3.19. The molecule has 0 spiro atoms. The third kappa shape index (κ3) is 3.68. The lowest BCUT2D eigenvalue weighted by molar-refractivity contribution is 0.680. The molecule has 1 aromatic rings. The molecule has 4 nitrogen and oxygen atoms in total. The van der Waals surface area contributed by atoms with E-state index in [1.165, 1.54) is 0 Å². The Kier molecular flexibility index (Phi) is 5.63. The second kappa shape index (κ2) is 6.76. The Bertz CT molecular complexity index is 426. The zero-order valence-corrected chi connectivity index (χ0v) is 10.6. The van der Waals surface area contributed by atoms with Crippen LogP contribution in [0.4, 0.5) is 0 Å². The molecule has 0 amide bonds. The number of halogens is 2. The van der Waals surface area contributed by atoms with E-state index in [0.29, 0.717) is 33.7 Å². The van der Waals surface area contributed by atoms with Crippen molar-refractivity contribution in [3.63, 3.8) is 0 Å². The minimum Gasteiger partial charge on any atom is -0.254 e. The maximum atomic E-state index is 11.9. The molecule has 0 heterocycles. The van der Waals surface area contributed by atoms with Gasteiger partial charge < -0.3 is 0 Å². The first-order chi connectivity index (χ1) is 7.66. The highest BCUT2D eigenvalue weighted by Crippen LogP contribution is 2.27. The number of azide groups is 1. The largest absolute Gasteiger partial charge is 0.254 e. The minimum absolute atomic E-state index is 0.324. The van der Waals surface area contributed by atoms with E-state index in [4.69, 9.17) is 28.7 Å². The molecular weight excluding hydrogens is 269 g/mol. The van der Waals surface area contributed by atoms with Crippen molar-refractivity contribution in [2.75, 3.05) is 12.3 Å². The summed E-state index contributed by atoms with van der Waals surface area (Å²) in [5, 5.41) is 4.16. The molecule has 0 N–H and O–H groups in total. The SMILES string of the molecule is [N-]=[N+]=NCCCS(=O)c1c(Cl)cccc1Cl. The van der Waals surface area contributed by atoms with E-state index in [1.54, 1.807) is 18.2 Å².